The van der Waals surface area contributed by atoms with Gasteiger partial charge in [-0.25, -0.2) is 4.98 Å². The van der Waals surface area contributed by atoms with E-state index in [1.807, 2.05) is 32.0 Å². The highest BCUT2D eigenvalue weighted by atomic mass is 32.1. The van der Waals surface area contributed by atoms with Crippen molar-refractivity contribution in [2.75, 3.05) is 0 Å². The van der Waals surface area contributed by atoms with Crippen LogP contribution in [-0.2, 0) is 12.8 Å². The van der Waals surface area contributed by atoms with Gasteiger partial charge in [-0.3, -0.25) is 0 Å². The van der Waals surface area contributed by atoms with E-state index in [-0.39, 0.29) is 6.61 Å². The van der Waals surface area contributed by atoms with Crippen molar-refractivity contribution in [3.8, 4) is 5.75 Å². The second-order valence-electron chi connectivity index (χ2n) is 4.24. The van der Waals surface area contributed by atoms with Crippen LogP contribution in [0.3, 0.4) is 0 Å². The maximum Gasteiger partial charge on any atom is 0.443 e. The van der Waals surface area contributed by atoms with Gasteiger partial charge >= 0.3 is 6.18 Å². The lowest BCUT2D eigenvalue weighted by molar-refractivity contribution is -0.137. The molecule has 0 bridgehead atoms. The van der Waals surface area contributed by atoms with Crippen LogP contribution in [-0.4, -0.2) is 4.98 Å². The van der Waals surface area contributed by atoms with Crippen LogP contribution in [0.25, 0.3) is 0 Å². The molecule has 19 heavy (non-hydrogen) atoms. The van der Waals surface area contributed by atoms with E-state index in [1.165, 1.54) is 6.20 Å². The highest BCUT2D eigenvalue weighted by molar-refractivity contribution is 7.11. The maximum atomic E-state index is 12.4. The molecule has 0 N–H and O–H groups in total. The Kier molecular flexibility index (Phi) is 3.80. The van der Waals surface area contributed by atoms with Crippen molar-refractivity contribution >= 4 is 11.3 Å². The largest absolute Gasteiger partial charge is 0.488 e. The van der Waals surface area contributed by atoms with Crippen LogP contribution in [0.15, 0.2) is 24.4 Å². The number of nitrogens with zero attached hydrogens (tertiary/aromatic N) is 1. The van der Waals surface area contributed by atoms with Gasteiger partial charge in [0, 0.05) is 6.20 Å². The number of ether oxygens (including phenoxy) is 1. The summed E-state index contributed by atoms with van der Waals surface area (Å²) in [4.78, 5) is 3.80. The van der Waals surface area contributed by atoms with E-state index in [2.05, 4.69) is 4.98 Å². The van der Waals surface area contributed by atoms with Gasteiger partial charge in [0.05, 0.1) is 4.88 Å². The first kappa shape index (κ1) is 13.9. The van der Waals surface area contributed by atoms with Gasteiger partial charge < -0.3 is 4.74 Å². The third-order valence-electron chi connectivity index (χ3n) is 2.37. The smallest absolute Gasteiger partial charge is 0.443 e. The minimum Gasteiger partial charge on any atom is -0.488 e. The van der Waals surface area contributed by atoms with Gasteiger partial charge in [-0.1, -0.05) is 6.07 Å². The number of rotatable bonds is 3. The Labute approximate surface area is 112 Å². The normalized spacial score (nSPS) is 11.6. The van der Waals surface area contributed by atoms with E-state index in [0.29, 0.717) is 22.0 Å². The summed E-state index contributed by atoms with van der Waals surface area (Å²) in [6.07, 6.45) is -3.18. The Bertz CT molecular complexity index is 557. The molecule has 2 rings (SSSR count). The lowest BCUT2D eigenvalue weighted by atomic mass is 10.1. The standard InChI is InChI=1S/C13H12F3NOS/c1-8-3-9(2)5-10(4-8)18-7-11-6-17-12(19-11)13(14,15)16/h3-6H,7H2,1-2H3. The fourth-order valence-corrected chi connectivity index (χ4v) is 2.37. The first-order valence-corrected chi connectivity index (χ1v) is 6.39. The molecule has 0 unspecified atom stereocenters. The molecular formula is C13H12F3NOS. The van der Waals surface area contributed by atoms with E-state index >= 15 is 0 Å². The van der Waals surface area contributed by atoms with Crippen LogP contribution < -0.4 is 4.74 Å². The molecule has 2 aromatic rings. The fourth-order valence-electron chi connectivity index (χ4n) is 1.68. The summed E-state index contributed by atoms with van der Waals surface area (Å²) in [5.74, 6) is 0.652. The number of hydrogen-bond donors (Lipinski definition) is 0. The van der Waals surface area contributed by atoms with Crippen molar-refractivity contribution in [3.63, 3.8) is 0 Å². The monoisotopic (exact) mass is 287 g/mol. The predicted molar refractivity (Wildman–Crippen MR) is 67.4 cm³/mol. The van der Waals surface area contributed by atoms with Gasteiger partial charge in [-0.15, -0.1) is 11.3 Å². The molecule has 0 aliphatic heterocycles. The lowest BCUT2D eigenvalue weighted by Crippen LogP contribution is -2.02. The van der Waals surface area contributed by atoms with Gasteiger partial charge in [0.15, 0.2) is 5.01 Å². The maximum absolute atomic E-state index is 12.4. The molecule has 1 aromatic carbocycles. The van der Waals surface area contributed by atoms with Gasteiger partial charge in [0.25, 0.3) is 0 Å². The van der Waals surface area contributed by atoms with E-state index in [1.54, 1.807) is 0 Å². The van der Waals surface area contributed by atoms with Gasteiger partial charge in [0.2, 0.25) is 0 Å². The third-order valence-corrected chi connectivity index (χ3v) is 3.39. The topological polar surface area (TPSA) is 22.1 Å². The summed E-state index contributed by atoms with van der Waals surface area (Å²) < 4.78 is 42.6. The number of thiazole rings is 1. The average molecular weight is 287 g/mol. The molecule has 0 saturated carbocycles. The zero-order valence-corrected chi connectivity index (χ0v) is 11.2. The Morgan fingerprint density at radius 1 is 1.16 bits per heavy atom. The summed E-state index contributed by atoms with van der Waals surface area (Å²) in [5, 5.41) is -0.841. The molecule has 0 saturated heterocycles. The van der Waals surface area contributed by atoms with Crippen LogP contribution in [0, 0.1) is 13.8 Å². The number of halogens is 3. The molecule has 1 heterocycles. The molecule has 0 radical (unpaired) electrons. The van der Waals surface area contributed by atoms with Gasteiger partial charge in [0.1, 0.15) is 12.4 Å². The Balaban J connectivity index is 2.04. The van der Waals surface area contributed by atoms with Crippen molar-refractivity contribution in [2.24, 2.45) is 0 Å². The van der Waals surface area contributed by atoms with Crippen molar-refractivity contribution in [2.45, 2.75) is 26.6 Å². The van der Waals surface area contributed by atoms with E-state index in [9.17, 15) is 13.2 Å². The van der Waals surface area contributed by atoms with Gasteiger partial charge in [-0.05, 0) is 37.1 Å². The molecule has 0 amide bonds. The second kappa shape index (κ2) is 5.21. The highest BCUT2D eigenvalue weighted by Crippen LogP contribution is 2.32. The number of aromatic nitrogens is 1. The summed E-state index contributed by atoms with van der Waals surface area (Å²) in [5.41, 5.74) is 2.10. The molecule has 0 spiro atoms. The Morgan fingerprint density at radius 3 is 2.32 bits per heavy atom. The molecule has 6 heteroatoms. The van der Waals surface area contributed by atoms with Crippen LogP contribution in [0.5, 0.6) is 5.75 Å². The van der Waals surface area contributed by atoms with E-state index in [0.717, 1.165) is 11.1 Å². The summed E-state index contributed by atoms with van der Waals surface area (Å²) >= 11 is 0.606. The minimum atomic E-state index is -4.39. The van der Waals surface area contributed by atoms with Crippen LogP contribution in [0.2, 0.25) is 0 Å². The van der Waals surface area contributed by atoms with E-state index < -0.39 is 11.2 Å². The first-order chi connectivity index (χ1) is 8.84. The lowest BCUT2D eigenvalue weighted by Gasteiger charge is -2.06. The van der Waals surface area contributed by atoms with Crippen LogP contribution in [0.1, 0.15) is 21.0 Å². The van der Waals surface area contributed by atoms with Crippen LogP contribution >= 0.6 is 11.3 Å². The second-order valence-corrected chi connectivity index (χ2v) is 5.36. The Morgan fingerprint density at radius 2 is 1.79 bits per heavy atom. The fraction of sp³-hybridized carbons (Fsp3) is 0.308. The number of alkyl halides is 3. The third kappa shape index (κ3) is 3.70. The van der Waals surface area contributed by atoms with Crippen molar-refractivity contribution < 1.29 is 17.9 Å². The SMILES string of the molecule is Cc1cc(C)cc(OCc2cnc(C(F)(F)F)s2)c1. The van der Waals surface area contributed by atoms with Crippen molar-refractivity contribution in [1.82, 2.24) is 4.98 Å². The van der Waals surface area contributed by atoms with Crippen molar-refractivity contribution in [3.05, 3.63) is 45.4 Å². The zero-order valence-electron chi connectivity index (χ0n) is 10.4. The highest BCUT2D eigenvalue weighted by Gasteiger charge is 2.34. The summed E-state index contributed by atoms with van der Waals surface area (Å²) in [6, 6.07) is 5.69. The number of aryl methyl sites for hydroxylation is 2. The molecule has 0 aliphatic rings. The molecule has 0 atom stereocenters. The molecule has 1 aromatic heterocycles. The van der Waals surface area contributed by atoms with Crippen molar-refractivity contribution in [1.29, 1.82) is 0 Å². The number of hydrogen-bond acceptors (Lipinski definition) is 3. The molecule has 0 fully saturated rings. The molecule has 0 aliphatic carbocycles. The summed E-state index contributed by atoms with van der Waals surface area (Å²) in [6.45, 7) is 3.97. The van der Waals surface area contributed by atoms with Gasteiger partial charge in [-0.2, -0.15) is 13.2 Å². The number of benzene rings is 1. The summed E-state index contributed by atoms with van der Waals surface area (Å²) in [7, 11) is 0. The first-order valence-electron chi connectivity index (χ1n) is 5.57. The predicted octanol–water partition coefficient (Wildman–Crippen LogP) is 4.36. The van der Waals surface area contributed by atoms with E-state index in [4.69, 9.17) is 4.74 Å². The Hall–Kier alpha value is -1.56. The average Bonchev–Trinajstić information content (AvgIpc) is 2.73. The van der Waals surface area contributed by atoms with Crippen LogP contribution in [0.4, 0.5) is 13.2 Å². The zero-order chi connectivity index (χ0) is 14.0. The molecule has 102 valence electrons. The molecule has 2 nitrogen and oxygen atoms in total. The quantitative estimate of drug-likeness (QED) is 0.837. The molecular weight excluding hydrogens is 275 g/mol. The minimum absolute atomic E-state index is 0.0939.